The summed E-state index contributed by atoms with van der Waals surface area (Å²) < 4.78 is 0. The first-order valence-corrected chi connectivity index (χ1v) is 7.87. The van der Waals surface area contributed by atoms with Gasteiger partial charge < -0.3 is 9.74 Å². The molecule has 0 spiro atoms. The smallest absolute Gasteiger partial charge is 0.345 e. The number of nitrogens with zero attached hydrogens (tertiary/aromatic N) is 3. The summed E-state index contributed by atoms with van der Waals surface area (Å²) in [5, 5.41) is 1.31. The van der Waals surface area contributed by atoms with Gasteiger partial charge in [0.1, 0.15) is 11.4 Å². The lowest BCUT2D eigenvalue weighted by molar-refractivity contribution is -0.142. The second kappa shape index (κ2) is 8.20. The van der Waals surface area contributed by atoms with Crippen LogP contribution >= 0.6 is 0 Å². The molecule has 8 heteroatoms. The van der Waals surface area contributed by atoms with E-state index in [2.05, 4.69) is 15.4 Å². The number of hydrogen-bond donors (Lipinski definition) is 1. The van der Waals surface area contributed by atoms with E-state index in [4.69, 9.17) is 0 Å². The Morgan fingerprint density at radius 3 is 2.40 bits per heavy atom. The highest BCUT2D eigenvalue weighted by Crippen LogP contribution is 2.10. The van der Waals surface area contributed by atoms with E-state index in [-0.39, 0.29) is 11.4 Å². The van der Waals surface area contributed by atoms with Gasteiger partial charge in [-0.1, -0.05) is 23.8 Å². The molecule has 0 atom stereocenters. The van der Waals surface area contributed by atoms with Crippen molar-refractivity contribution in [3.8, 4) is 0 Å². The van der Waals surface area contributed by atoms with Crippen LogP contribution in [0.3, 0.4) is 0 Å². The zero-order chi connectivity index (χ0) is 18.4. The zero-order valence-corrected chi connectivity index (χ0v) is 14.4. The summed E-state index contributed by atoms with van der Waals surface area (Å²) in [6.07, 6.45) is 1.25. The van der Waals surface area contributed by atoms with Crippen LogP contribution in [0.15, 0.2) is 47.1 Å². The van der Waals surface area contributed by atoms with Crippen LogP contribution in [0.2, 0.25) is 0 Å². The third-order valence-corrected chi connectivity index (χ3v) is 3.63. The van der Waals surface area contributed by atoms with E-state index in [0.29, 0.717) is 18.7 Å². The summed E-state index contributed by atoms with van der Waals surface area (Å²) in [6.45, 7) is 4.55. The van der Waals surface area contributed by atoms with Crippen LogP contribution in [0.1, 0.15) is 24.2 Å². The van der Waals surface area contributed by atoms with E-state index in [1.807, 2.05) is 13.8 Å². The molecule has 132 valence electrons. The second-order valence-electron chi connectivity index (χ2n) is 5.22. The molecule has 1 heterocycles. The van der Waals surface area contributed by atoms with Gasteiger partial charge in [0, 0.05) is 31.8 Å². The fraction of sp³-hybridized carbons (Fsp3) is 0.294. The topological polar surface area (TPSA) is 91.3 Å². The standard InChI is InChI=1S/C17H20N4O4/c1-4-21(5-2)16(23)13(11-14-17(24)25-19-20(14)3)18-15(22)12-9-7-6-8-10-12/h6-11,19H,4-5H2,1-3H3/b14-11+,18-13?. The molecule has 1 saturated heterocycles. The van der Waals surface area contributed by atoms with Gasteiger partial charge >= 0.3 is 5.97 Å². The van der Waals surface area contributed by atoms with Crippen molar-refractivity contribution in [1.82, 2.24) is 15.5 Å². The monoisotopic (exact) mass is 344 g/mol. The maximum atomic E-state index is 12.7. The molecule has 0 aromatic heterocycles. The van der Waals surface area contributed by atoms with Gasteiger partial charge in [0.25, 0.3) is 11.8 Å². The lowest BCUT2D eigenvalue weighted by Crippen LogP contribution is -2.36. The molecule has 1 aromatic carbocycles. The highest BCUT2D eigenvalue weighted by atomic mass is 16.7. The first-order valence-electron chi connectivity index (χ1n) is 7.87. The van der Waals surface area contributed by atoms with Crippen molar-refractivity contribution in [2.24, 2.45) is 4.99 Å². The molecule has 1 N–H and O–H groups in total. The number of carbonyl (C=O) groups excluding carboxylic acids is 3. The van der Waals surface area contributed by atoms with Gasteiger partial charge in [-0.2, -0.15) is 0 Å². The molecule has 0 radical (unpaired) electrons. The molecule has 2 rings (SSSR count). The third-order valence-electron chi connectivity index (χ3n) is 3.63. The van der Waals surface area contributed by atoms with Crippen molar-refractivity contribution < 1.29 is 19.2 Å². The van der Waals surface area contributed by atoms with Crippen molar-refractivity contribution in [1.29, 1.82) is 0 Å². The number of likely N-dealkylation sites (N-methyl/N-ethyl adjacent to an activating group) is 1. The average Bonchev–Trinajstić information content (AvgIpc) is 2.94. The van der Waals surface area contributed by atoms with Crippen molar-refractivity contribution in [3.63, 3.8) is 0 Å². The number of hydrazine groups is 1. The number of benzene rings is 1. The normalized spacial score (nSPS) is 16.1. The molecule has 8 nitrogen and oxygen atoms in total. The van der Waals surface area contributed by atoms with Crippen LogP contribution in [0.5, 0.6) is 0 Å². The molecule has 2 amide bonds. The van der Waals surface area contributed by atoms with Gasteiger partial charge in [0.05, 0.1) is 0 Å². The zero-order valence-electron chi connectivity index (χ0n) is 14.4. The largest absolute Gasteiger partial charge is 0.376 e. The molecular formula is C17H20N4O4. The fourth-order valence-corrected chi connectivity index (χ4v) is 2.20. The SMILES string of the molecule is CCN(CC)C(=O)C(/C=C1\C(=O)ONN1C)=NC(=O)c1ccccc1. The van der Waals surface area contributed by atoms with Crippen LogP contribution < -0.4 is 5.59 Å². The predicted molar refractivity (Wildman–Crippen MR) is 91.2 cm³/mol. The average molecular weight is 344 g/mol. The van der Waals surface area contributed by atoms with Crippen molar-refractivity contribution in [2.45, 2.75) is 13.8 Å². The maximum absolute atomic E-state index is 12.7. The molecule has 1 aliphatic rings. The summed E-state index contributed by atoms with van der Waals surface area (Å²) in [5.41, 5.74) is 2.67. The van der Waals surface area contributed by atoms with E-state index < -0.39 is 17.8 Å². The summed E-state index contributed by atoms with van der Waals surface area (Å²) in [5.74, 6) is -1.65. The van der Waals surface area contributed by atoms with Crippen LogP contribution in [-0.2, 0) is 14.4 Å². The predicted octanol–water partition coefficient (Wildman–Crippen LogP) is 0.928. The first-order chi connectivity index (χ1) is 12.0. The Balaban J connectivity index is 2.43. The summed E-state index contributed by atoms with van der Waals surface area (Å²) in [6, 6.07) is 8.41. The van der Waals surface area contributed by atoms with Gasteiger partial charge in [-0.25, -0.2) is 9.79 Å². The minimum Gasteiger partial charge on any atom is -0.345 e. The molecule has 1 aliphatic heterocycles. The lowest BCUT2D eigenvalue weighted by atomic mass is 10.2. The number of rotatable bonds is 5. The Bertz CT molecular complexity index is 723. The number of hydrogen-bond acceptors (Lipinski definition) is 6. The maximum Gasteiger partial charge on any atom is 0.376 e. The molecule has 0 saturated carbocycles. The van der Waals surface area contributed by atoms with Gasteiger partial charge in [0.2, 0.25) is 0 Å². The van der Waals surface area contributed by atoms with E-state index >= 15 is 0 Å². The number of aliphatic imine (C=N–C) groups is 1. The van der Waals surface area contributed by atoms with Gasteiger partial charge in [-0.15, -0.1) is 0 Å². The van der Waals surface area contributed by atoms with E-state index in [1.54, 1.807) is 37.4 Å². The van der Waals surface area contributed by atoms with Crippen molar-refractivity contribution >= 4 is 23.5 Å². The molecule has 25 heavy (non-hydrogen) atoms. The summed E-state index contributed by atoms with van der Waals surface area (Å²) in [4.78, 5) is 46.9. The highest BCUT2D eigenvalue weighted by molar-refractivity contribution is 6.45. The number of carbonyl (C=O) groups is 3. The van der Waals surface area contributed by atoms with Gasteiger partial charge in [-0.3, -0.25) is 14.6 Å². The Kier molecular flexibility index (Phi) is 6.02. The number of nitrogens with one attached hydrogen (secondary N) is 1. The highest BCUT2D eigenvalue weighted by Gasteiger charge is 2.27. The summed E-state index contributed by atoms with van der Waals surface area (Å²) in [7, 11) is 1.55. The molecular weight excluding hydrogens is 324 g/mol. The Morgan fingerprint density at radius 1 is 1.24 bits per heavy atom. The minimum atomic E-state index is -0.658. The van der Waals surface area contributed by atoms with E-state index in [0.717, 1.165) is 0 Å². The Labute approximate surface area is 145 Å². The Hall–Kier alpha value is -3.00. The fourth-order valence-electron chi connectivity index (χ4n) is 2.20. The second-order valence-corrected chi connectivity index (χ2v) is 5.22. The van der Waals surface area contributed by atoms with E-state index in [1.165, 1.54) is 16.0 Å². The van der Waals surface area contributed by atoms with Crippen molar-refractivity contribution in [3.05, 3.63) is 47.7 Å². The van der Waals surface area contributed by atoms with Crippen LogP contribution in [0.25, 0.3) is 0 Å². The molecule has 0 aliphatic carbocycles. The quantitative estimate of drug-likeness (QED) is 0.631. The molecule has 1 aromatic rings. The lowest BCUT2D eigenvalue weighted by Gasteiger charge is -2.18. The summed E-state index contributed by atoms with van der Waals surface area (Å²) >= 11 is 0. The van der Waals surface area contributed by atoms with E-state index in [9.17, 15) is 14.4 Å². The van der Waals surface area contributed by atoms with Gasteiger partial charge in [-0.05, 0) is 26.0 Å². The number of amides is 2. The minimum absolute atomic E-state index is 0.0834. The van der Waals surface area contributed by atoms with Crippen LogP contribution in [0.4, 0.5) is 0 Å². The van der Waals surface area contributed by atoms with Crippen LogP contribution in [-0.4, -0.2) is 53.5 Å². The third kappa shape index (κ3) is 4.30. The molecule has 0 bridgehead atoms. The van der Waals surface area contributed by atoms with Gasteiger partial charge in [0.15, 0.2) is 0 Å². The van der Waals surface area contributed by atoms with Crippen LogP contribution in [0, 0.1) is 0 Å². The first kappa shape index (κ1) is 18.3. The molecule has 0 unspecified atom stereocenters. The molecule has 1 fully saturated rings. The Morgan fingerprint density at radius 2 is 1.88 bits per heavy atom. The van der Waals surface area contributed by atoms with Crippen molar-refractivity contribution in [2.75, 3.05) is 20.1 Å².